The first-order valence-electron chi connectivity index (χ1n) is 8.96. The molecule has 2 N–H and O–H groups in total. The van der Waals surface area contributed by atoms with Gasteiger partial charge in [-0.15, -0.1) is 0 Å². The summed E-state index contributed by atoms with van der Waals surface area (Å²) in [7, 11) is 1.66. The first-order chi connectivity index (χ1) is 12.3. The summed E-state index contributed by atoms with van der Waals surface area (Å²) in [5.74, 6) is -0.000136. The van der Waals surface area contributed by atoms with Crippen molar-refractivity contribution in [2.75, 3.05) is 31.6 Å². The second-order valence-electron chi connectivity index (χ2n) is 7.42. The number of benzene rings is 1. The van der Waals surface area contributed by atoms with Crippen LogP contribution in [0.15, 0.2) is 29.3 Å². The van der Waals surface area contributed by atoms with Gasteiger partial charge in [-0.25, -0.2) is 4.39 Å². The van der Waals surface area contributed by atoms with Gasteiger partial charge in [-0.05, 0) is 51.8 Å². The van der Waals surface area contributed by atoms with Crippen molar-refractivity contribution in [1.29, 1.82) is 0 Å². The summed E-state index contributed by atoms with van der Waals surface area (Å²) >= 11 is 0. The maximum absolute atomic E-state index is 13.5. The second kappa shape index (κ2) is 8.87. The highest BCUT2D eigenvalue weighted by Gasteiger charge is 2.22. The average molecular weight is 364 g/mol. The van der Waals surface area contributed by atoms with Gasteiger partial charge in [0, 0.05) is 31.9 Å². The minimum atomic E-state index is -0.509. The van der Waals surface area contributed by atoms with Gasteiger partial charge < -0.3 is 20.3 Å². The summed E-state index contributed by atoms with van der Waals surface area (Å²) in [5.41, 5.74) is 0.373. The van der Waals surface area contributed by atoms with Gasteiger partial charge in [0.2, 0.25) is 0 Å². The molecule has 1 aliphatic rings. The van der Waals surface area contributed by atoms with E-state index in [0.717, 1.165) is 31.6 Å². The number of piperidine rings is 1. The number of nitrogens with one attached hydrogen (secondary N) is 2. The molecule has 1 unspecified atom stereocenters. The Labute approximate surface area is 154 Å². The van der Waals surface area contributed by atoms with Crippen LogP contribution in [0, 0.1) is 5.82 Å². The molecule has 1 saturated heterocycles. The van der Waals surface area contributed by atoms with Crippen molar-refractivity contribution in [1.82, 2.24) is 10.6 Å². The Bertz CT molecular complexity index is 643. The molecule has 0 amide bonds. The number of rotatable bonds is 4. The molecule has 1 aromatic carbocycles. The van der Waals surface area contributed by atoms with Crippen molar-refractivity contribution >= 4 is 17.6 Å². The zero-order chi connectivity index (χ0) is 19.2. The molecule has 1 fully saturated rings. The fraction of sp³-hybridized carbons (Fsp3) is 0.579. The lowest BCUT2D eigenvalue weighted by Gasteiger charge is -2.35. The topological polar surface area (TPSA) is 66.0 Å². The predicted molar refractivity (Wildman–Crippen MR) is 102 cm³/mol. The lowest BCUT2D eigenvalue weighted by molar-refractivity contribution is -0.153. The van der Waals surface area contributed by atoms with Crippen LogP contribution >= 0.6 is 0 Å². The second-order valence-corrected chi connectivity index (χ2v) is 7.42. The summed E-state index contributed by atoms with van der Waals surface area (Å²) in [6, 6.07) is 6.81. The Hall–Kier alpha value is -2.31. The van der Waals surface area contributed by atoms with Crippen molar-refractivity contribution in [3.8, 4) is 0 Å². The largest absolute Gasteiger partial charge is 0.459 e. The molecule has 0 aliphatic carbocycles. The molecule has 0 saturated carbocycles. The van der Waals surface area contributed by atoms with E-state index in [1.807, 2.05) is 26.8 Å². The first-order valence-corrected chi connectivity index (χ1v) is 8.96. The summed E-state index contributed by atoms with van der Waals surface area (Å²) < 4.78 is 18.7. The number of halogens is 1. The highest BCUT2D eigenvalue weighted by molar-refractivity contribution is 5.84. The van der Waals surface area contributed by atoms with E-state index < -0.39 is 5.60 Å². The Morgan fingerprint density at radius 3 is 2.85 bits per heavy atom. The van der Waals surface area contributed by atoms with E-state index >= 15 is 0 Å². The molecule has 7 heteroatoms. The van der Waals surface area contributed by atoms with Gasteiger partial charge >= 0.3 is 5.97 Å². The van der Waals surface area contributed by atoms with Crippen LogP contribution in [-0.4, -0.2) is 50.3 Å². The van der Waals surface area contributed by atoms with Gasteiger partial charge in [0.1, 0.15) is 18.0 Å². The maximum Gasteiger partial charge on any atom is 0.325 e. The number of hydrogen-bond acceptors (Lipinski definition) is 4. The molecule has 1 atom stereocenters. The fourth-order valence-electron chi connectivity index (χ4n) is 2.92. The third kappa shape index (κ3) is 6.54. The Balaban J connectivity index is 1.86. The number of ether oxygens (including phenoxy) is 1. The van der Waals surface area contributed by atoms with Gasteiger partial charge in [-0.1, -0.05) is 6.07 Å². The van der Waals surface area contributed by atoms with E-state index in [1.165, 1.54) is 6.07 Å². The van der Waals surface area contributed by atoms with E-state index in [-0.39, 0.29) is 24.4 Å². The number of nitrogens with zero attached hydrogens (tertiary/aromatic N) is 2. The predicted octanol–water partition coefficient (Wildman–Crippen LogP) is 2.30. The number of anilines is 1. The SMILES string of the molecule is CN=C(NCC(=O)OC(C)(C)C)NC1CCCN(c2cccc(F)c2)C1. The van der Waals surface area contributed by atoms with Crippen molar-refractivity contribution in [3.63, 3.8) is 0 Å². The van der Waals surface area contributed by atoms with E-state index in [1.54, 1.807) is 19.2 Å². The first kappa shape index (κ1) is 20.0. The number of aliphatic imine (C=N–C) groups is 1. The van der Waals surface area contributed by atoms with Gasteiger partial charge in [-0.3, -0.25) is 9.79 Å². The van der Waals surface area contributed by atoms with Gasteiger partial charge in [0.05, 0.1) is 0 Å². The third-order valence-electron chi connectivity index (χ3n) is 3.98. The zero-order valence-electron chi connectivity index (χ0n) is 16.0. The van der Waals surface area contributed by atoms with Crippen LogP contribution in [0.1, 0.15) is 33.6 Å². The standard InChI is InChI=1S/C19H29FN4O2/c1-19(2,3)26-17(25)12-22-18(21-4)23-15-8-6-10-24(13-15)16-9-5-7-14(20)11-16/h5,7,9,11,15H,6,8,10,12-13H2,1-4H3,(H2,21,22,23). The van der Waals surface area contributed by atoms with Crippen LogP contribution in [0.5, 0.6) is 0 Å². The molecule has 2 rings (SSSR count). The van der Waals surface area contributed by atoms with Gasteiger partial charge in [0.15, 0.2) is 5.96 Å². The lowest BCUT2D eigenvalue weighted by atomic mass is 10.0. The summed E-state index contributed by atoms with van der Waals surface area (Å²) in [6.07, 6.45) is 1.98. The summed E-state index contributed by atoms with van der Waals surface area (Å²) in [6.45, 7) is 7.20. The average Bonchev–Trinajstić information content (AvgIpc) is 2.57. The van der Waals surface area contributed by atoms with E-state index in [0.29, 0.717) is 5.96 Å². The van der Waals surface area contributed by atoms with Crippen LogP contribution in [-0.2, 0) is 9.53 Å². The van der Waals surface area contributed by atoms with E-state index in [2.05, 4.69) is 20.5 Å². The van der Waals surface area contributed by atoms with Crippen molar-refractivity contribution in [3.05, 3.63) is 30.1 Å². The molecule has 144 valence electrons. The van der Waals surface area contributed by atoms with Gasteiger partial charge in [-0.2, -0.15) is 0 Å². The molecule has 6 nitrogen and oxygen atoms in total. The van der Waals surface area contributed by atoms with Crippen LogP contribution in [0.4, 0.5) is 10.1 Å². The smallest absolute Gasteiger partial charge is 0.325 e. The normalized spacial score (nSPS) is 18.4. The Morgan fingerprint density at radius 2 is 2.19 bits per heavy atom. The molecule has 1 aromatic rings. The van der Waals surface area contributed by atoms with Gasteiger partial charge in [0.25, 0.3) is 0 Å². The Morgan fingerprint density at radius 1 is 1.42 bits per heavy atom. The highest BCUT2D eigenvalue weighted by Crippen LogP contribution is 2.20. The molecule has 26 heavy (non-hydrogen) atoms. The monoisotopic (exact) mass is 364 g/mol. The number of guanidine groups is 1. The van der Waals surface area contributed by atoms with Crippen molar-refractivity contribution < 1.29 is 13.9 Å². The zero-order valence-corrected chi connectivity index (χ0v) is 16.0. The third-order valence-corrected chi connectivity index (χ3v) is 3.98. The van der Waals surface area contributed by atoms with Crippen LogP contribution in [0.2, 0.25) is 0 Å². The molecular formula is C19H29FN4O2. The molecule has 0 radical (unpaired) electrons. The van der Waals surface area contributed by atoms with Crippen molar-refractivity contribution in [2.24, 2.45) is 4.99 Å². The molecule has 1 heterocycles. The summed E-state index contributed by atoms with van der Waals surface area (Å²) in [4.78, 5) is 18.2. The molecular weight excluding hydrogens is 335 g/mol. The number of carbonyl (C=O) groups excluding carboxylic acids is 1. The minimum Gasteiger partial charge on any atom is -0.459 e. The van der Waals surface area contributed by atoms with Crippen LogP contribution in [0.25, 0.3) is 0 Å². The number of esters is 1. The minimum absolute atomic E-state index is 0.0529. The summed E-state index contributed by atoms with van der Waals surface area (Å²) in [5, 5.41) is 6.32. The van der Waals surface area contributed by atoms with E-state index in [4.69, 9.17) is 4.74 Å². The molecule has 0 bridgehead atoms. The molecule has 0 aromatic heterocycles. The van der Waals surface area contributed by atoms with E-state index in [9.17, 15) is 9.18 Å². The molecule has 1 aliphatic heterocycles. The fourth-order valence-corrected chi connectivity index (χ4v) is 2.92. The number of hydrogen-bond donors (Lipinski definition) is 2. The maximum atomic E-state index is 13.5. The highest BCUT2D eigenvalue weighted by atomic mass is 19.1. The quantitative estimate of drug-likeness (QED) is 0.488. The molecule has 0 spiro atoms. The lowest BCUT2D eigenvalue weighted by Crippen LogP contribution is -2.52. The Kier molecular flexibility index (Phi) is 6.83. The number of carbonyl (C=O) groups is 1. The van der Waals surface area contributed by atoms with Crippen LogP contribution in [0.3, 0.4) is 0 Å². The van der Waals surface area contributed by atoms with Crippen LogP contribution < -0.4 is 15.5 Å². The van der Waals surface area contributed by atoms with Crippen molar-refractivity contribution in [2.45, 2.75) is 45.3 Å².